The molecule has 2 heterocycles. The van der Waals surface area contributed by atoms with Crippen LogP contribution in [0.4, 0.5) is 0 Å². The molecule has 0 radical (unpaired) electrons. The van der Waals surface area contributed by atoms with Gasteiger partial charge in [0.25, 0.3) is 0 Å². The lowest BCUT2D eigenvalue weighted by Crippen LogP contribution is -2.17. The summed E-state index contributed by atoms with van der Waals surface area (Å²) in [5, 5.41) is 3.37. The lowest BCUT2D eigenvalue weighted by molar-refractivity contribution is 0.505. The first-order valence-corrected chi connectivity index (χ1v) is 7.27. The van der Waals surface area contributed by atoms with Crippen LogP contribution in [0.1, 0.15) is 34.0 Å². The van der Waals surface area contributed by atoms with Gasteiger partial charge in [-0.2, -0.15) is 0 Å². The third-order valence-electron chi connectivity index (χ3n) is 2.86. The van der Waals surface area contributed by atoms with Gasteiger partial charge in [0.1, 0.15) is 5.76 Å². The molecule has 0 aliphatic heterocycles. The predicted octanol–water partition coefficient (Wildman–Crippen LogP) is 4.28. The van der Waals surface area contributed by atoms with Crippen molar-refractivity contribution in [3.63, 3.8) is 0 Å². The molecule has 1 unspecified atom stereocenters. The van der Waals surface area contributed by atoms with Crippen molar-refractivity contribution in [3.05, 3.63) is 43.9 Å². The van der Waals surface area contributed by atoms with Gasteiger partial charge in [0.05, 0.1) is 12.3 Å². The summed E-state index contributed by atoms with van der Waals surface area (Å²) in [4.78, 5) is 2.62. The van der Waals surface area contributed by atoms with E-state index in [0.717, 1.165) is 12.2 Å². The molecule has 0 aliphatic rings. The minimum Gasteiger partial charge on any atom is -0.469 e. The van der Waals surface area contributed by atoms with Crippen LogP contribution in [0.5, 0.6) is 0 Å². The normalized spacial score (nSPS) is 12.9. The fourth-order valence-electron chi connectivity index (χ4n) is 1.97. The van der Waals surface area contributed by atoms with Crippen LogP contribution < -0.4 is 5.32 Å². The Hall–Kier alpha value is -0.580. The summed E-state index contributed by atoms with van der Waals surface area (Å²) in [6.07, 6.45) is 2.69. The fraction of sp³-hybridized carbons (Fsp3) is 0.385. The number of nitrogens with one attached hydrogen (secondary N) is 1. The van der Waals surface area contributed by atoms with Gasteiger partial charge < -0.3 is 9.73 Å². The van der Waals surface area contributed by atoms with Gasteiger partial charge in [-0.15, -0.1) is 11.3 Å². The Bertz CT molecular complexity index is 484. The highest BCUT2D eigenvalue weighted by molar-refractivity contribution is 9.10. The van der Waals surface area contributed by atoms with E-state index in [1.54, 1.807) is 6.26 Å². The van der Waals surface area contributed by atoms with Crippen LogP contribution >= 0.6 is 27.3 Å². The van der Waals surface area contributed by atoms with E-state index in [1.165, 1.54) is 19.8 Å². The van der Waals surface area contributed by atoms with Crippen LogP contribution in [-0.2, 0) is 6.42 Å². The average molecular weight is 314 g/mol. The van der Waals surface area contributed by atoms with E-state index in [9.17, 15) is 0 Å². The molecular formula is C13H16BrNOS. The monoisotopic (exact) mass is 313 g/mol. The summed E-state index contributed by atoms with van der Waals surface area (Å²) in [7, 11) is 1.99. The molecule has 2 nitrogen and oxygen atoms in total. The molecule has 0 fully saturated rings. The Morgan fingerprint density at radius 2 is 2.29 bits per heavy atom. The number of thiophene rings is 1. The van der Waals surface area contributed by atoms with Crippen molar-refractivity contribution in [3.8, 4) is 0 Å². The highest BCUT2D eigenvalue weighted by atomic mass is 79.9. The topological polar surface area (TPSA) is 25.2 Å². The minimum atomic E-state index is 0.221. The number of hydrogen-bond donors (Lipinski definition) is 1. The van der Waals surface area contributed by atoms with Crippen LogP contribution in [0.15, 0.2) is 27.3 Å². The molecule has 2 aromatic heterocycles. The number of halogens is 1. The van der Waals surface area contributed by atoms with E-state index in [4.69, 9.17) is 4.42 Å². The zero-order chi connectivity index (χ0) is 12.4. The van der Waals surface area contributed by atoms with E-state index in [2.05, 4.69) is 47.2 Å². The first kappa shape index (κ1) is 12.9. The summed E-state index contributed by atoms with van der Waals surface area (Å²) < 4.78 is 6.69. The molecule has 0 aromatic carbocycles. The molecule has 0 saturated heterocycles. The molecule has 0 saturated carbocycles. The van der Waals surface area contributed by atoms with Gasteiger partial charge in [0, 0.05) is 26.2 Å². The average Bonchev–Trinajstić information content (AvgIpc) is 2.89. The lowest BCUT2D eigenvalue weighted by atomic mass is 10.1. The molecule has 92 valence electrons. The summed E-state index contributed by atoms with van der Waals surface area (Å²) in [6, 6.07) is 4.47. The molecule has 1 atom stereocenters. The Morgan fingerprint density at radius 1 is 1.53 bits per heavy atom. The Kier molecular flexibility index (Phi) is 4.07. The van der Waals surface area contributed by atoms with Crippen LogP contribution in [-0.4, -0.2) is 7.05 Å². The first-order chi connectivity index (χ1) is 8.17. The molecule has 0 aliphatic carbocycles. The van der Waals surface area contributed by atoms with Crippen molar-refractivity contribution in [1.82, 2.24) is 5.32 Å². The predicted molar refractivity (Wildman–Crippen MR) is 75.7 cm³/mol. The summed E-state index contributed by atoms with van der Waals surface area (Å²) in [5.74, 6) is 1.06. The van der Waals surface area contributed by atoms with Crippen molar-refractivity contribution in [2.45, 2.75) is 26.3 Å². The molecule has 2 rings (SSSR count). The second kappa shape index (κ2) is 5.38. The molecule has 17 heavy (non-hydrogen) atoms. The minimum absolute atomic E-state index is 0.221. The SMILES string of the molecule is CCc1occc1C(NC)c1cc(Br)c(C)s1. The van der Waals surface area contributed by atoms with Crippen molar-refractivity contribution in [2.24, 2.45) is 0 Å². The van der Waals surface area contributed by atoms with Crippen molar-refractivity contribution < 1.29 is 4.42 Å². The number of hydrogen-bond acceptors (Lipinski definition) is 3. The quantitative estimate of drug-likeness (QED) is 0.911. The highest BCUT2D eigenvalue weighted by Crippen LogP contribution is 2.35. The van der Waals surface area contributed by atoms with Crippen LogP contribution in [0.25, 0.3) is 0 Å². The molecule has 0 bridgehead atoms. The van der Waals surface area contributed by atoms with Crippen molar-refractivity contribution >= 4 is 27.3 Å². The van der Waals surface area contributed by atoms with Gasteiger partial charge in [-0.05, 0) is 42.0 Å². The van der Waals surface area contributed by atoms with Gasteiger partial charge >= 0.3 is 0 Å². The number of furan rings is 1. The maximum absolute atomic E-state index is 5.51. The Labute approximate surface area is 114 Å². The molecule has 0 amide bonds. The third kappa shape index (κ3) is 2.49. The van der Waals surface area contributed by atoms with Crippen LogP contribution in [0.2, 0.25) is 0 Å². The van der Waals surface area contributed by atoms with Gasteiger partial charge in [-0.25, -0.2) is 0 Å². The zero-order valence-corrected chi connectivity index (χ0v) is 12.6. The largest absolute Gasteiger partial charge is 0.469 e. The number of rotatable bonds is 4. The van der Waals surface area contributed by atoms with Crippen LogP contribution in [0.3, 0.4) is 0 Å². The second-order valence-electron chi connectivity index (χ2n) is 3.93. The van der Waals surface area contributed by atoms with E-state index in [-0.39, 0.29) is 6.04 Å². The molecule has 1 N–H and O–H groups in total. The van der Waals surface area contributed by atoms with Crippen LogP contribution in [0, 0.1) is 6.92 Å². The Morgan fingerprint density at radius 3 is 2.82 bits per heavy atom. The van der Waals surface area contributed by atoms with E-state index in [1.807, 2.05) is 18.4 Å². The standard InChI is InChI=1S/C13H16BrNOS/c1-4-11-9(5-6-16-11)13(15-3)12-7-10(14)8(2)17-12/h5-7,13,15H,4H2,1-3H3. The highest BCUT2D eigenvalue weighted by Gasteiger charge is 2.19. The van der Waals surface area contributed by atoms with Crippen molar-refractivity contribution in [1.29, 1.82) is 0 Å². The third-order valence-corrected chi connectivity index (χ3v) is 5.06. The van der Waals surface area contributed by atoms with E-state index in [0.29, 0.717) is 0 Å². The lowest BCUT2D eigenvalue weighted by Gasteiger charge is -2.14. The summed E-state index contributed by atoms with van der Waals surface area (Å²) in [5.41, 5.74) is 1.24. The molecule has 2 aromatic rings. The van der Waals surface area contributed by atoms with Gasteiger partial charge in [-0.1, -0.05) is 6.92 Å². The first-order valence-electron chi connectivity index (χ1n) is 5.66. The maximum atomic E-state index is 5.51. The van der Waals surface area contributed by atoms with Gasteiger partial charge in [0.2, 0.25) is 0 Å². The summed E-state index contributed by atoms with van der Waals surface area (Å²) >= 11 is 5.39. The molecule has 4 heteroatoms. The molecular weight excluding hydrogens is 298 g/mol. The maximum Gasteiger partial charge on any atom is 0.108 e. The molecule has 0 spiro atoms. The second-order valence-corrected chi connectivity index (χ2v) is 6.07. The van der Waals surface area contributed by atoms with Crippen molar-refractivity contribution in [2.75, 3.05) is 7.05 Å². The van der Waals surface area contributed by atoms with Gasteiger partial charge in [-0.3, -0.25) is 0 Å². The Balaban J connectivity index is 2.40. The van der Waals surface area contributed by atoms with E-state index >= 15 is 0 Å². The zero-order valence-electron chi connectivity index (χ0n) is 10.2. The number of aryl methyl sites for hydroxylation is 2. The summed E-state index contributed by atoms with van der Waals surface area (Å²) in [6.45, 7) is 4.24. The fourth-order valence-corrected chi connectivity index (χ4v) is 3.66. The smallest absolute Gasteiger partial charge is 0.108 e. The van der Waals surface area contributed by atoms with Gasteiger partial charge in [0.15, 0.2) is 0 Å². The van der Waals surface area contributed by atoms with E-state index < -0.39 is 0 Å².